The maximum absolute atomic E-state index is 13.1. The van der Waals surface area contributed by atoms with Crippen molar-refractivity contribution in [1.82, 2.24) is 4.90 Å². The number of thiocarbonyl (C=S) groups is 1. The van der Waals surface area contributed by atoms with Crippen LogP contribution in [-0.2, 0) is 20.8 Å². The summed E-state index contributed by atoms with van der Waals surface area (Å²) < 4.78 is 0.206. The second-order valence-electron chi connectivity index (χ2n) is 8.72. The van der Waals surface area contributed by atoms with E-state index in [0.717, 1.165) is 28.5 Å². The van der Waals surface area contributed by atoms with Gasteiger partial charge in [-0.3, -0.25) is 19.3 Å². The van der Waals surface area contributed by atoms with Gasteiger partial charge < -0.3 is 10.4 Å². The van der Waals surface area contributed by atoms with Gasteiger partial charge in [-0.2, -0.15) is 0 Å². The highest BCUT2D eigenvalue weighted by atomic mass is 32.2. The molecule has 1 atom stereocenters. The molecule has 7 nitrogen and oxygen atoms in total. The number of amides is 2. The first-order valence-corrected chi connectivity index (χ1v) is 13.2. The van der Waals surface area contributed by atoms with E-state index >= 15 is 0 Å². The number of carbonyl (C=O) groups excluding carboxylic acids is 3. The van der Waals surface area contributed by atoms with Crippen LogP contribution >= 0.6 is 24.0 Å². The van der Waals surface area contributed by atoms with Crippen molar-refractivity contribution in [3.63, 3.8) is 0 Å². The highest BCUT2D eigenvalue weighted by Crippen LogP contribution is 2.34. The molecule has 39 heavy (non-hydrogen) atoms. The minimum atomic E-state index is -1.12. The van der Waals surface area contributed by atoms with E-state index in [1.807, 2.05) is 42.5 Å². The first kappa shape index (κ1) is 27.7. The molecule has 0 aromatic heterocycles. The third kappa shape index (κ3) is 7.16. The zero-order valence-electron chi connectivity index (χ0n) is 20.9. The van der Waals surface area contributed by atoms with Gasteiger partial charge in [0, 0.05) is 24.6 Å². The van der Waals surface area contributed by atoms with Gasteiger partial charge in [0.2, 0.25) is 5.91 Å². The fourth-order valence-corrected chi connectivity index (χ4v) is 5.28. The molecule has 1 aliphatic rings. The van der Waals surface area contributed by atoms with Gasteiger partial charge in [-0.15, -0.1) is 0 Å². The Kier molecular flexibility index (Phi) is 8.85. The van der Waals surface area contributed by atoms with Crippen molar-refractivity contribution in [3.8, 4) is 0 Å². The summed E-state index contributed by atoms with van der Waals surface area (Å²) in [7, 11) is 0. The molecule has 1 unspecified atom stereocenters. The van der Waals surface area contributed by atoms with Crippen molar-refractivity contribution in [2.24, 2.45) is 0 Å². The van der Waals surface area contributed by atoms with Crippen LogP contribution in [0.3, 0.4) is 0 Å². The summed E-state index contributed by atoms with van der Waals surface area (Å²) in [4.78, 5) is 50.3. The van der Waals surface area contributed by atoms with Crippen LogP contribution in [0.1, 0.15) is 34.0 Å². The van der Waals surface area contributed by atoms with E-state index in [4.69, 9.17) is 12.2 Å². The van der Waals surface area contributed by atoms with Gasteiger partial charge in [0.25, 0.3) is 5.91 Å². The van der Waals surface area contributed by atoms with Gasteiger partial charge in [-0.1, -0.05) is 84.7 Å². The fourth-order valence-electron chi connectivity index (χ4n) is 3.92. The number of hydrogen-bond donors (Lipinski definition) is 2. The average molecular weight is 557 g/mol. The lowest BCUT2D eigenvalue weighted by Crippen LogP contribution is -2.45. The molecule has 1 saturated heterocycles. The minimum Gasteiger partial charge on any atom is -0.480 e. The highest BCUT2D eigenvalue weighted by molar-refractivity contribution is 8.26. The number of carboxylic acid groups (broad SMARTS) is 1. The number of nitrogens with zero attached hydrogens (tertiary/aromatic N) is 1. The largest absolute Gasteiger partial charge is 0.480 e. The van der Waals surface area contributed by atoms with Crippen LogP contribution in [0.4, 0.5) is 5.69 Å². The van der Waals surface area contributed by atoms with Crippen LogP contribution in [-0.4, -0.2) is 43.9 Å². The quantitative estimate of drug-likeness (QED) is 0.206. The summed E-state index contributed by atoms with van der Waals surface area (Å²) in [6.45, 7) is 1.42. The molecule has 1 fully saturated rings. The van der Waals surface area contributed by atoms with E-state index in [-0.39, 0.29) is 22.4 Å². The van der Waals surface area contributed by atoms with Crippen LogP contribution in [0.5, 0.6) is 0 Å². The number of aliphatic carboxylic acids is 1. The molecule has 0 spiro atoms. The number of benzene rings is 3. The number of anilines is 1. The first-order valence-electron chi connectivity index (χ1n) is 11.9. The zero-order valence-corrected chi connectivity index (χ0v) is 22.5. The van der Waals surface area contributed by atoms with Crippen LogP contribution in [0, 0.1) is 0 Å². The van der Waals surface area contributed by atoms with E-state index < -0.39 is 17.9 Å². The lowest BCUT2D eigenvalue weighted by molar-refractivity contribution is -0.145. The number of allylic oxidation sites excluding steroid dienone is 1. The van der Waals surface area contributed by atoms with Crippen LogP contribution < -0.4 is 5.32 Å². The second kappa shape index (κ2) is 12.5. The lowest BCUT2D eigenvalue weighted by Gasteiger charge is -2.23. The maximum atomic E-state index is 13.1. The predicted molar refractivity (Wildman–Crippen MR) is 157 cm³/mol. The summed E-state index contributed by atoms with van der Waals surface area (Å²) in [5.41, 5.74) is 3.43. The fraction of sp³-hybridized carbons (Fsp3) is 0.100. The molecule has 2 N–H and O–H groups in total. The van der Waals surface area contributed by atoms with Crippen molar-refractivity contribution in [1.29, 1.82) is 0 Å². The Hall–Kier alpha value is -4.34. The van der Waals surface area contributed by atoms with E-state index in [1.165, 1.54) is 17.9 Å². The molecule has 3 aromatic carbocycles. The Balaban J connectivity index is 1.43. The SMILES string of the molecule is CC(=O)Nc1ccc(C(=O)/C=C/c2ccc(/C=C3\SC(=S)N(C(Cc4ccccc4)C(=O)O)C3=O)cc2)cc1. The van der Waals surface area contributed by atoms with E-state index in [1.54, 1.807) is 48.6 Å². The molecule has 1 aliphatic heterocycles. The van der Waals surface area contributed by atoms with Gasteiger partial charge in [0.1, 0.15) is 10.4 Å². The van der Waals surface area contributed by atoms with Crippen molar-refractivity contribution < 1.29 is 24.3 Å². The summed E-state index contributed by atoms with van der Waals surface area (Å²) in [6.07, 6.45) is 4.98. The number of carbonyl (C=O) groups is 4. The Bertz CT molecular complexity index is 1480. The molecule has 4 rings (SSSR count). The number of hydrogen-bond acceptors (Lipinski definition) is 6. The molecule has 0 radical (unpaired) electrons. The van der Waals surface area contributed by atoms with Crippen molar-refractivity contribution >= 4 is 69.7 Å². The molecule has 1 heterocycles. The van der Waals surface area contributed by atoms with Crippen LogP contribution in [0.2, 0.25) is 0 Å². The Morgan fingerprint density at radius 2 is 1.62 bits per heavy atom. The third-order valence-corrected chi connectivity index (χ3v) is 7.17. The highest BCUT2D eigenvalue weighted by Gasteiger charge is 2.40. The van der Waals surface area contributed by atoms with E-state index in [9.17, 15) is 24.3 Å². The number of ketones is 1. The Morgan fingerprint density at radius 3 is 2.23 bits per heavy atom. The summed E-state index contributed by atoms with van der Waals surface area (Å²) in [5.74, 6) is -1.92. The minimum absolute atomic E-state index is 0.148. The molecule has 2 amide bonds. The molecular formula is C30H24N2O5S2. The molecule has 0 aliphatic carbocycles. The van der Waals surface area contributed by atoms with Crippen molar-refractivity contribution in [2.45, 2.75) is 19.4 Å². The summed E-state index contributed by atoms with van der Waals surface area (Å²) >= 11 is 6.45. The van der Waals surface area contributed by atoms with Crippen molar-refractivity contribution in [2.75, 3.05) is 5.32 Å². The predicted octanol–water partition coefficient (Wildman–Crippen LogP) is 5.44. The molecule has 0 bridgehead atoms. The first-order chi connectivity index (χ1) is 18.7. The summed E-state index contributed by atoms with van der Waals surface area (Å²) in [5, 5.41) is 12.5. The normalized spacial score (nSPS) is 15.1. The third-order valence-electron chi connectivity index (χ3n) is 5.84. The van der Waals surface area contributed by atoms with E-state index in [2.05, 4.69) is 5.32 Å². The summed E-state index contributed by atoms with van der Waals surface area (Å²) in [6, 6.07) is 21.9. The topological polar surface area (TPSA) is 104 Å². The monoisotopic (exact) mass is 556 g/mol. The Labute approximate surface area is 235 Å². The lowest BCUT2D eigenvalue weighted by atomic mass is 10.0. The van der Waals surface area contributed by atoms with E-state index in [0.29, 0.717) is 16.2 Å². The van der Waals surface area contributed by atoms with Gasteiger partial charge in [-0.25, -0.2) is 4.79 Å². The maximum Gasteiger partial charge on any atom is 0.327 e. The van der Waals surface area contributed by atoms with Gasteiger partial charge in [-0.05, 0) is 53.1 Å². The van der Waals surface area contributed by atoms with Gasteiger partial charge in [0.05, 0.1) is 4.91 Å². The van der Waals surface area contributed by atoms with Crippen LogP contribution in [0.25, 0.3) is 12.2 Å². The van der Waals surface area contributed by atoms with Gasteiger partial charge in [0.15, 0.2) is 5.78 Å². The number of carboxylic acids is 1. The van der Waals surface area contributed by atoms with Crippen LogP contribution in [0.15, 0.2) is 89.8 Å². The van der Waals surface area contributed by atoms with Gasteiger partial charge >= 0.3 is 5.97 Å². The molecule has 3 aromatic rings. The molecule has 9 heteroatoms. The molecular weight excluding hydrogens is 532 g/mol. The number of rotatable bonds is 9. The standard InChI is InChI=1S/C30H24N2O5S2/c1-19(33)31-24-14-12-23(13-15-24)26(34)16-11-20-7-9-22(10-8-20)18-27-28(35)32(30(38)39-27)25(29(36)37)17-21-5-3-2-4-6-21/h2-16,18,25H,17H2,1H3,(H,31,33)(H,36,37)/b16-11+,27-18-. The molecule has 0 saturated carbocycles. The average Bonchev–Trinajstić information content (AvgIpc) is 3.19. The molecule has 196 valence electrons. The Morgan fingerprint density at radius 1 is 0.974 bits per heavy atom. The number of nitrogens with one attached hydrogen (secondary N) is 1. The van der Waals surface area contributed by atoms with Crippen molar-refractivity contribution in [3.05, 3.63) is 112 Å². The zero-order chi connectivity index (χ0) is 27.9. The second-order valence-corrected chi connectivity index (χ2v) is 10.4. The smallest absolute Gasteiger partial charge is 0.327 e. The number of thioether (sulfide) groups is 1.